The third-order valence-electron chi connectivity index (χ3n) is 7.94. The van der Waals surface area contributed by atoms with Crippen LogP contribution in [0.3, 0.4) is 0 Å². The minimum Gasteiger partial charge on any atom is -0.856 e. The van der Waals surface area contributed by atoms with E-state index in [9.17, 15) is 18.7 Å². The first-order chi connectivity index (χ1) is 19.3. The normalized spacial score (nSPS) is 21.6. The maximum Gasteiger partial charge on any atom is 0.420 e. The number of rotatable bonds is 4. The highest BCUT2D eigenvalue weighted by Crippen LogP contribution is 2.45. The molecule has 0 aliphatic carbocycles. The maximum atomic E-state index is 16.3. The van der Waals surface area contributed by atoms with Gasteiger partial charge in [-0.3, -0.25) is 4.90 Å². The number of alkyl halides is 2. The molecule has 1 fully saturated rings. The fraction of sp³-hybridized carbons (Fsp3) is 0.571. The van der Waals surface area contributed by atoms with E-state index in [4.69, 9.17) is 9.47 Å². The van der Waals surface area contributed by atoms with E-state index in [1.54, 1.807) is 27.7 Å². The highest BCUT2D eigenvalue weighted by molar-refractivity contribution is 6.36. The van der Waals surface area contributed by atoms with Gasteiger partial charge in [0.25, 0.3) is 0 Å². The molecule has 0 saturated carbocycles. The Bertz CT molecular complexity index is 1580. The first kappa shape index (κ1) is 29.9. The van der Waals surface area contributed by atoms with Gasteiger partial charge in [-0.1, -0.05) is 0 Å². The number of fused-ring (bicyclic) bond motifs is 1. The molecule has 0 radical (unpaired) electrons. The highest BCUT2D eigenvalue weighted by Gasteiger charge is 2.61. The quantitative estimate of drug-likeness (QED) is 0.298. The van der Waals surface area contributed by atoms with Crippen molar-refractivity contribution < 1.29 is 50.3 Å². The molecule has 1 amide bonds. The standard InChI is InChI=1S/C28H32F6N4O4/c1-25(2,9-29)35-19(37-23(21(35)39)41-11-27(37,5)6)13-15(31)17(33)14(18(34)16(13)32)20-36(26(3,4)10-30)22(40)24-38(20)28(7,8)12-42-24/h9-12H2,1-8H3. The van der Waals surface area contributed by atoms with Crippen LogP contribution in [0.5, 0.6) is 0 Å². The SMILES string of the molecule is CC(C)(CF)N1C([O-])=C2OCC(C)(C)N2C1=c1c(F)c(F)c(=C2N(C(C)(C)CF)C(=O)C3=[N+]2C(C)(C)CO3)c(F)c1F. The summed E-state index contributed by atoms with van der Waals surface area (Å²) in [6.45, 7) is 8.83. The number of halogens is 6. The van der Waals surface area contributed by atoms with Crippen molar-refractivity contribution in [2.24, 2.45) is 0 Å². The molecular formula is C28H32F6N4O4. The zero-order valence-corrected chi connectivity index (χ0v) is 24.5. The maximum absolute atomic E-state index is 16.3. The number of hydrogen-bond acceptors (Lipinski definition) is 6. The van der Waals surface area contributed by atoms with Crippen LogP contribution in [0.1, 0.15) is 55.4 Å². The number of nitrogens with zero attached hydrogens (tertiary/aromatic N) is 4. The number of hydrogen-bond donors (Lipinski definition) is 0. The molecule has 8 nitrogen and oxygen atoms in total. The first-order valence-electron chi connectivity index (χ1n) is 13.3. The van der Waals surface area contributed by atoms with Gasteiger partial charge in [-0.05, 0) is 55.4 Å². The van der Waals surface area contributed by atoms with Gasteiger partial charge >= 0.3 is 17.6 Å². The topological polar surface area (TPSA) is 71.3 Å². The average Bonchev–Trinajstić information content (AvgIpc) is 3.58. The fourth-order valence-corrected chi connectivity index (χ4v) is 5.68. The molecule has 4 aliphatic rings. The predicted molar refractivity (Wildman–Crippen MR) is 135 cm³/mol. The van der Waals surface area contributed by atoms with Crippen molar-refractivity contribution in [3.05, 3.63) is 45.5 Å². The Morgan fingerprint density at radius 3 is 1.86 bits per heavy atom. The van der Waals surface area contributed by atoms with Gasteiger partial charge < -0.3 is 19.5 Å². The lowest BCUT2D eigenvalue weighted by atomic mass is 10.0. The molecule has 1 aromatic carbocycles. The second-order valence-corrected chi connectivity index (χ2v) is 13.3. The predicted octanol–water partition coefficient (Wildman–Crippen LogP) is 1.85. The van der Waals surface area contributed by atoms with Crippen LogP contribution in [0.4, 0.5) is 26.3 Å². The number of ether oxygens (including phenoxy) is 2. The van der Waals surface area contributed by atoms with Crippen LogP contribution in [0, 0.1) is 23.3 Å². The van der Waals surface area contributed by atoms with Crippen LogP contribution >= 0.6 is 0 Å². The molecule has 0 atom stereocenters. The molecule has 4 aliphatic heterocycles. The summed E-state index contributed by atoms with van der Waals surface area (Å²) >= 11 is 0. The van der Waals surface area contributed by atoms with Crippen LogP contribution < -0.4 is 15.5 Å². The molecule has 0 N–H and O–H groups in total. The van der Waals surface area contributed by atoms with E-state index in [1.165, 1.54) is 27.7 Å². The van der Waals surface area contributed by atoms with Crippen molar-refractivity contribution in [2.75, 3.05) is 26.6 Å². The molecule has 5 rings (SSSR count). The Balaban J connectivity index is 1.97. The molecule has 1 aromatic rings. The van der Waals surface area contributed by atoms with E-state index in [0.29, 0.717) is 0 Å². The Labute approximate surface area is 238 Å². The van der Waals surface area contributed by atoms with Crippen molar-refractivity contribution in [3.8, 4) is 0 Å². The Morgan fingerprint density at radius 2 is 1.33 bits per heavy atom. The van der Waals surface area contributed by atoms with Gasteiger partial charge in [0, 0.05) is 5.88 Å². The summed E-state index contributed by atoms with van der Waals surface area (Å²) in [5.74, 6) is -11.5. The summed E-state index contributed by atoms with van der Waals surface area (Å²) in [5, 5.41) is 10.8. The van der Waals surface area contributed by atoms with E-state index in [0.717, 1.165) is 19.3 Å². The number of carbonyl (C=O) groups is 1. The summed E-state index contributed by atoms with van der Waals surface area (Å²) in [4.78, 5) is 15.9. The van der Waals surface area contributed by atoms with Gasteiger partial charge in [-0.25, -0.2) is 31.1 Å². The van der Waals surface area contributed by atoms with Crippen LogP contribution in [0.2, 0.25) is 0 Å². The fourth-order valence-electron chi connectivity index (χ4n) is 5.68. The molecule has 0 spiro atoms. The third-order valence-corrected chi connectivity index (χ3v) is 7.94. The van der Waals surface area contributed by atoms with Crippen molar-refractivity contribution in [1.82, 2.24) is 14.7 Å². The van der Waals surface area contributed by atoms with E-state index in [2.05, 4.69) is 0 Å². The molecular weight excluding hydrogens is 570 g/mol. The van der Waals surface area contributed by atoms with Crippen LogP contribution in [0.15, 0.2) is 11.8 Å². The Morgan fingerprint density at radius 1 is 0.833 bits per heavy atom. The van der Waals surface area contributed by atoms with Gasteiger partial charge in [0.05, 0.1) is 16.3 Å². The van der Waals surface area contributed by atoms with Gasteiger partial charge in [-0.2, -0.15) is 9.48 Å². The second-order valence-electron chi connectivity index (χ2n) is 13.3. The van der Waals surface area contributed by atoms with Gasteiger partial charge in [-0.15, -0.1) is 0 Å². The van der Waals surface area contributed by atoms with E-state index in [-0.39, 0.29) is 25.0 Å². The van der Waals surface area contributed by atoms with E-state index in [1.807, 2.05) is 0 Å². The molecule has 14 heteroatoms. The Kier molecular flexibility index (Phi) is 6.38. The second kappa shape index (κ2) is 8.96. The van der Waals surface area contributed by atoms with Gasteiger partial charge in [0.15, 0.2) is 23.3 Å². The summed E-state index contributed by atoms with van der Waals surface area (Å²) in [6.07, 6.45) is 0. The first-order valence-corrected chi connectivity index (χ1v) is 13.3. The zero-order chi connectivity index (χ0) is 31.5. The minimum absolute atomic E-state index is 0.107. The lowest BCUT2D eigenvalue weighted by Crippen LogP contribution is -2.53. The lowest BCUT2D eigenvalue weighted by Gasteiger charge is -2.42. The molecule has 230 valence electrons. The van der Waals surface area contributed by atoms with Crippen LogP contribution in [-0.4, -0.2) is 79.8 Å². The molecule has 1 saturated heterocycles. The molecule has 0 unspecified atom stereocenters. The average molecular weight is 603 g/mol. The van der Waals surface area contributed by atoms with Crippen LogP contribution in [-0.2, 0) is 14.3 Å². The molecule has 4 heterocycles. The number of benzene rings is 1. The van der Waals surface area contributed by atoms with Crippen molar-refractivity contribution in [3.63, 3.8) is 0 Å². The van der Waals surface area contributed by atoms with E-state index < -0.39 is 92.6 Å². The largest absolute Gasteiger partial charge is 0.856 e. The van der Waals surface area contributed by atoms with Crippen LogP contribution in [0.25, 0.3) is 11.6 Å². The molecule has 0 bridgehead atoms. The highest BCUT2D eigenvalue weighted by atomic mass is 19.2. The summed E-state index contributed by atoms with van der Waals surface area (Å²) in [7, 11) is 0. The smallest absolute Gasteiger partial charge is 0.420 e. The summed E-state index contributed by atoms with van der Waals surface area (Å²) < 4.78 is 106. The lowest BCUT2D eigenvalue weighted by molar-refractivity contribution is -0.511. The van der Waals surface area contributed by atoms with Crippen molar-refractivity contribution in [2.45, 2.75) is 77.5 Å². The van der Waals surface area contributed by atoms with E-state index >= 15 is 17.6 Å². The summed E-state index contributed by atoms with van der Waals surface area (Å²) in [6, 6.07) is 0. The molecule has 0 aromatic heterocycles. The number of amides is 1. The van der Waals surface area contributed by atoms with Gasteiger partial charge in [0.1, 0.15) is 48.7 Å². The zero-order valence-electron chi connectivity index (χ0n) is 24.5. The van der Waals surface area contributed by atoms with Crippen molar-refractivity contribution in [1.29, 1.82) is 0 Å². The Hall–Kier alpha value is -3.58. The monoisotopic (exact) mass is 602 g/mol. The van der Waals surface area contributed by atoms with Gasteiger partial charge in [0.2, 0.25) is 5.88 Å². The third kappa shape index (κ3) is 3.75. The van der Waals surface area contributed by atoms with Crippen molar-refractivity contribution >= 4 is 23.4 Å². The summed E-state index contributed by atoms with van der Waals surface area (Å²) in [5.41, 5.74) is -5.66. The minimum atomic E-state index is -1.90. The molecule has 42 heavy (non-hydrogen) atoms. The number of carbonyl (C=O) groups excluding carboxylic acids is 1.